The first-order valence-electron chi connectivity index (χ1n) is 9.02. The Morgan fingerprint density at radius 3 is 2.86 bits per heavy atom. The highest BCUT2D eigenvalue weighted by Gasteiger charge is 2.20. The molecule has 1 fully saturated rings. The van der Waals surface area contributed by atoms with Crippen LogP contribution in [0, 0.1) is 11.8 Å². The molecular formula is C18H31N3. The van der Waals surface area contributed by atoms with Crippen LogP contribution in [0.2, 0.25) is 0 Å². The molecule has 1 aromatic heterocycles. The first-order chi connectivity index (χ1) is 10.2. The lowest BCUT2D eigenvalue weighted by Crippen LogP contribution is -2.25. The third-order valence-corrected chi connectivity index (χ3v) is 5.13. The smallest absolute Gasteiger partial charge is 0.109 e. The van der Waals surface area contributed by atoms with Crippen LogP contribution in [0.25, 0.3) is 0 Å². The van der Waals surface area contributed by atoms with Crippen molar-refractivity contribution in [2.24, 2.45) is 11.8 Å². The predicted molar refractivity (Wildman–Crippen MR) is 87.4 cm³/mol. The van der Waals surface area contributed by atoms with E-state index < -0.39 is 0 Å². The molecule has 0 bridgehead atoms. The van der Waals surface area contributed by atoms with E-state index in [0.717, 1.165) is 31.8 Å². The first kappa shape index (κ1) is 15.1. The van der Waals surface area contributed by atoms with Crippen LogP contribution in [-0.4, -0.2) is 16.1 Å². The Kier molecular flexibility index (Phi) is 4.99. The van der Waals surface area contributed by atoms with E-state index in [1.165, 1.54) is 62.3 Å². The van der Waals surface area contributed by atoms with E-state index in [1.807, 2.05) is 0 Å². The normalized spacial score (nSPS) is 19.4. The Labute approximate surface area is 129 Å². The second kappa shape index (κ2) is 6.95. The fourth-order valence-electron chi connectivity index (χ4n) is 4.05. The summed E-state index contributed by atoms with van der Waals surface area (Å²) in [5.41, 5.74) is 2.84. The monoisotopic (exact) mass is 289 g/mol. The highest BCUT2D eigenvalue weighted by molar-refractivity contribution is 5.20. The summed E-state index contributed by atoms with van der Waals surface area (Å²) in [6.07, 6.45) is 10.9. The van der Waals surface area contributed by atoms with Crippen LogP contribution >= 0.6 is 0 Å². The molecule has 3 nitrogen and oxygen atoms in total. The molecule has 3 heteroatoms. The molecule has 0 aromatic carbocycles. The van der Waals surface area contributed by atoms with Crippen LogP contribution in [0.5, 0.6) is 0 Å². The van der Waals surface area contributed by atoms with Gasteiger partial charge >= 0.3 is 0 Å². The molecule has 0 saturated heterocycles. The van der Waals surface area contributed by atoms with Gasteiger partial charge in [-0.2, -0.15) is 0 Å². The molecule has 2 heterocycles. The van der Waals surface area contributed by atoms with Gasteiger partial charge in [0.15, 0.2) is 0 Å². The average Bonchev–Trinajstić information content (AvgIpc) is 3.07. The maximum atomic E-state index is 4.94. The van der Waals surface area contributed by atoms with E-state index in [9.17, 15) is 0 Å². The predicted octanol–water partition coefficient (Wildman–Crippen LogP) is 3.70. The molecule has 0 spiro atoms. The van der Waals surface area contributed by atoms with Gasteiger partial charge in [0, 0.05) is 38.2 Å². The molecule has 21 heavy (non-hydrogen) atoms. The quantitative estimate of drug-likeness (QED) is 0.865. The minimum absolute atomic E-state index is 0.690. The minimum atomic E-state index is 0.690. The fraction of sp³-hybridized carbons (Fsp3) is 0.833. The van der Waals surface area contributed by atoms with Crippen molar-refractivity contribution < 1.29 is 0 Å². The van der Waals surface area contributed by atoms with Gasteiger partial charge in [0.25, 0.3) is 0 Å². The topological polar surface area (TPSA) is 29.9 Å². The average molecular weight is 289 g/mol. The zero-order chi connectivity index (χ0) is 14.7. The molecule has 0 radical (unpaired) electrons. The number of fused-ring (bicyclic) bond motifs is 1. The lowest BCUT2D eigenvalue weighted by molar-refractivity contribution is 0.444. The molecule has 1 aromatic rings. The first-order valence-corrected chi connectivity index (χ1v) is 9.02. The molecule has 2 aliphatic rings. The molecule has 0 atom stereocenters. The third-order valence-electron chi connectivity index (χ3n) is 5.13. The van der Waals surface area contributed by atoms with Gasteiger partial charge in [-0.15, -0.1) is 0 Å². The van der Waals surface area contributed by atoms with Crippen molar-refractivity contribution >= 4 is 0 Å². The molecule has 0 unspecified atom stereocenters. The number of imidazole rings is 1. The van der Waals surface area contributed by atoms with Gasteiger partial charge in [-0.05, 0) is 24.7 Å². The number of aromatic nitrogens is 2. The lowest BCUT2D eigenvalue weighted by Gasteiger charge is -2.17. The number of rotatable bonds is 6. The van der Waals surface area contributed by atoms with E-state index in [-0.39, 0.29) is 0 Å². The largest absolute Gasteiger partial charge is 0.332 e. The summed E-state index contributed by atoms with van der Waals surface area (Å²) in [6.45, 7) is 7.88. The van der Waals surface area contributed by atoms with Crippen molar-refractivity contribution in [1.29, 1.82) is 0 Å². The summed E-state index contributed by atoms with van der Waals surface area (Å²) >= 11 is 0. The maximum Gasteiger partial charge on any atom is 0.109 e. The van der Waals surface area contributed by atoms with Crippen molar-refractivity contribution in [2.75, 3.05) is 6.54 Å². The van der Waals surface area contributed by atoms with E-state index in [4.69, 9.17) is 4.98 Å². The van der Waals surface area contributed by atoms with Crippen molar-refractivity contribution in [3.8, 4) is 0 Å². The summed E-state index contributed by atoms with van der Waals surface area (Å²) in [5, 5.41) is 3.46. The van der Waals surface area contributed by atoms with E-state index in [1.54, 1.807) is 0 Å². The zero-order valence-corrected chi connectivity index (χ0v) is 13.8. The Hall–Kier alpha value is -0.830. The van der Waals surface area contributed by atoms with Gasteiger partial charge in [0.05, 0.1) is 5.69 Å². The highest BCUT2D eigenvalue weighted by atomic mass is 15.1. The van der Waals surface area contributed by atoms with Gasteiger partial charge in [-0.1, -0.05) is 39.5 Å². The Morgan fingerprint density at radius 1 is 1.29 bits per heavy atom. The SMILES string of the molecule is CC(C)Cc1nc2c(n1CCCC1CCCC1)CCNC2. The van der Waals surface area contributed by atoms with Gasteiger partial charge in [0.2, 0.25) is 0 Å². The van der Waals surface area contributed by atoms with Crippen LogP contribution < -0.4 is 5.32 Å². The molecular weight excluding hydrogens is 258 g/mol. The fourth-order valence-corrected chi connectivity index (χ4v) is 4.05. The summed E-state index contributed by atoms with van der Waals surface area (Å²) in [4.78, 5) is 4.94. The maximum absolute atomic E-state index is 4.94. The van der Waals surface area contributed by atoms with Crippen molar-refractivity contribution in [2.45, 2.75) is 78.3 Å². The third kappa shape index (κ3) is 3.68. The van der Waals surface area contributed by atoms with Gasteiger partial charge < -0.3 is 9.88 Å². The van der Waals surface area contributed by atoms with Crippen molar-refractivity contribution in [3.63, 3.8) is 0 Å². The zero-order valence-electron chi connectivity index (χ0n) is 13.8. The summed E-state index contributed by atoms with van der Waals surface area (Å²) in [7, 11) is 0. The number of nitrogens with zero attached hydrogens (tertiary/aromatic N) is 2. The van der Waals surface area contributed by atoms with Crippen molar-refractivity contribution in [1.82, 2.24) is 14.9 Å². The van der Waals surface area contributed by atoms with Crippen LogP contribution in [0.15, 0.2) is 0 Å². The molecule has 118 valence electrons. The van der Waals surface area contributed by atoms with E-state index in [2.05, 4.69) is 23.7 Å². The summed E-state index contributed by atoms with van der Waals surface area (Å²) < 4.78 is 2.57. The number of hydrogen-bond donors (Lipinski definition) is 1. The number of hydrogen-bond acceptors (Lipinski definition) is 2. The Bertz CT molecular complexity index is 455. The Morgan fingerprint density at radius 2 is 2.10 bits per heavy atom. The van der Waals surface area contributed by atoms with E-state index in [0.29, 0.717) is 5.92 Å². The van der Waals surface area contributed by atoms with Crippen LogP contribution in [0.4, 0.5) is 0 Å². The van der Waals surface area contributed by atoms with Crippen LogP contribution in [0.1, 0.15) is 69.6 Å². The molecule has 1 N–H and O–H groups in total. The van der Waals surface area contributed by atoms with Crippen LogP contribution in [-0.2, 0) is 25.9 Å². The standard InChI is InChI=1S/C18H31N3/c1-14(2)12-18-20-16-13-19-10-9-17(16)21(18)11-5-8-15-6-3-4-7-15/h14-15,19H,3-13H2,1-2H3. The Balaban J connectivity index is 1.67. The van der Waals surface area contributed by atoms with Crippen molar-refractivity contribution in [3.05, 3.63) is 17.2 Å². The second-order valence-corrected chi connectivity index (χ2v) is 7.39. The lowest BCUT2D eigenvalue weighted by atomic mass is 10.0. The van der Waals surface area contributed by atoms with Crippen LogP contribution in [0.3, 0.4) is 0 Å². The van der Waals surface area contributed by atoms with E-state index >= 15 is 0 Å². The highest BCUT2D eigenvalue weighted by Crippen LogP contribution is 2.29. The molecule has 1 aliphatic carbocycles. The minimum Gasteiger partial charge on any atom is -0.332 e. The van der Waals surface area contributed by atoms with Gasteiger partial charge in [-0.3, -0.25) is 0 Å². The van der Waals surface area contributed by atoms with Gasteiger partial charge in [-0.25, -0.2) is 4.98 Å². The molecule has 3 rings (SSSR count). The molecule has 0 amide bonds. The summed E-state index contributed by atoms with van der Waals surface area (Å²) in [5.74, 6) is 3.04. The number of nitrogens with one attached hydrogen (secondary N) is 1. The molecule has 1 aliphatic heterocycles. The second-order valence-electron chi connectivity index (χ2n) is 7.39. The molecule has 1 saturated carbocycles. The van der Waals surface area contributed by atoms with Gasteiger partial charge in [0.1, 0.15) is 5.82 Å². The summed E-state index contributed by atoms with van der Waals surface area (Å²) in [6, 6.07) is 0.